The number of aromatic nitrogens is 2. The Bertz CT molecular complexity index is 1260. The summed E-state index contributed by atoms with van der Waals surface area (Å²) in [4.78, 5) is 20.7. The van der Waals surface area contributed by atoms with Crippen molar-refractivity contribution in [1.82, 2.24) is 9.97 Å². The van der Waals surface area contributed by atoms with Gasteiger partial charge in [0.15, 0.2) is 0 Å². The number of halogens is 4. The standard InChI is InChI=1S/C21H14F2IN5O.ClH/c22-12-4-6-17(23)19(8-12)29-21(30)28-15-3-1-2-14(10-15)27-20-16-9-13(24)5-7-18(16)25-11-26-20;/h1-11H,(H,25,26,27)(H2,28,29,30);1H. The molecule has 0 aliphatic carbocycles. The molecule has 0 bridgehead atoms. The first-order chi connectivity index (χ1) is 14.5. The molecule has 0 fully saturated rings. The van der Waals surface area contributed by atoms with Crippen LogP contribution in [0.1, 0.15) is 0 Å². The van der Waals surface area contributed by atoms with Crippen LogP contribution in [0.2, 0.25) is 0 Å². The molecule has 158 valence electrons. The van der Waals surface area contributed by atoms with Gasteiger partial charge in [0, 0.05) is 26.4 Å². The highest BCUT2D eigenvalue weighted by molar-refractivity contribution is 14.1. The van der Waals surface area contributed by atoms with Crippen LogP contribution in [0.15, 0.2) is 67.0 Å². The average molecular weight is 554 g/mol. The third-order valence-corrected chi connectivity index (χ3v) is 4.83. The Morgan fingerprint density at radius 3 is 2.55 bits per heavy atom. The van der Waals surface area contributed by atoms with Crippen molar-refractivity contribution in [1.29, 1.82) is 0 Å². The van der Waals surface area contributed by atoms with Crippen LogP contribution in [0, 0.1) is 15.2 Å². The lowest BCUT2D eigenvalue weighted by Crippen LogP contribution is -2.20. The molecule has 0 aliphatic heterocycles. The number of fused-ring (bicyclic) bond motifs is 1. The Labute approximate surface area is 196 Å². The number of rotatable bonds is 4. The van der Waals surface area contributed by atoms with Gasteiger partial charge in [-0.25, -0.2) is 23.5 Å². The number of hydrogen-bond donors (Lipinski definition) is 3. The Hall–Kier alpha value is -3.05. The van der Waals surface area contributed by atoms with Gasteiger partial charge in [-0.3, -0.25) is 0 Å². The maximum Gasteiger partial charge on any atom is 0.323 e. The first-order valence-corrected chi connectivity index (χ1v) is 9.86. The maximum atomic E-state index is 13.7. The van der Waals surface area contributed by atoms with Gasteiger partial charge in [-0.2, -0.15) is 0 Å². The van der Waals surface area contributed by atoms with E-state index in [9.17, 15) is 13.6 Å². The average Bonchev–Trinajstić information content (AvgIpc) is 2.71. The molecular weight excluding hydrogens is 539 g/mol. The largest absolute Gasteiger partial charge is 0.340 e. The molecular formula is C21H15ClF2IN5O. The normalized spacial score (nSPS) is 10.3. The van der Waals surface area contributed by atoms with Gasteiger partial charge in [0.25, 0.3) is 0 Å². The van der Waals surface area contributed by atoms with Gasteiger partial charge in [0.2, 0.25) is 0 Å². The number of carbonyl (C=O) groups is 1. The van der Waals surface area contributed by atoms with Gasteiger partial charge < -0.3 is 16.0 Å². The van der Waals surface area contributed by atoms with E-state index in [0.29, 0.717) is 17.2 Å². The van der Waals surface area contributed by atoms with Crippen molar-refractivity contribution < 1.29 is 13.6 Å². The molecule has 1 heterocycles. The van der Waals surface area contributed by atoms with Crippen molar-refractivity contribution in [2.45, 2.75) is 0 Å². The molecule has 0 saturated carbocycles. The topological polar surface area (TPSA) is 78.9 Å². The molecule has 3 N–H and O–H groups in total. The SMILES string of the molecule is Cl.O=C(Nc1cccc(Nc2ncnc3ccc(I)cc23)c1)Nc1cc(F)ccc1F. The molecule has 0 radical (unpaired) electrons. The zero-order valence-corrected chi connectivity index (χ0v) is 18.7. The van der Waals surface area contributed by atoms with Crippen LogP contribution in [0.3, 0.4) is 0 Å². The summed E-state index contributed by atoms with van der Waals surface area (Å²) in [5.74, 6) is -0.751. The molecule has 6 nitrogen and oxygen atoms in total. The Morgan fingerprint density at radius 2 is 1.71 bits per heavy atom. The fourth-order valence-electron chi connectivity index (χ4n) is 2.82. The maximum absolute atomic E-state index is 13.7. The molecule has 0 atom stereocenters. The second-order valence-electron chi connectivity index (χ2n) is 6.29. The lowest BCUT2D eigenvalue weighted by atomic mass is 10.2. The van der Waals surface area contributed by atoms with E-state index in [2.05, 4.69) is 48.5 Å². The highest BCUT2D eigenvalue weighted by Crippen LogP contribution is 2.26. The van der Waals surface area contributed by atoms with Crippen molar-refractivity contribution in [3.05, 3.63) is 82.2 Å². The van der Waals surface area contributed by atoms with E-state index >= 15 is 0 Å². The quantitative estimate of drug-likeness (QED) is 0.258. The first-order valence-electron chi connectivity index (χ1n) is 8.78. The van der Waals surface area contributed by atoms with E-state index in [1.54, 1.807) is 18.2 Å². The number of urea groups is 1. The third kappa shape index (κ3) is 5.56. The van der Waals surface area contributed by atoms with E-state index in [1.165, 1.54) is 6.33 Å². The molecule has 10 heteroatoms. The van der Waals surface area contributed by atoms with Crippen LogP contribution < -0.4 is 16.0 Å². The predicted molar refractivity (Wildman–Crippen MR) is 128 cm³/mol. The molecule has 0 spiro atoms. The number of nitrogens with zero attached hydrogens (tertiary/aromatic N) is 2. The third-order valence-electron chi connectivity index (χ3n) is 4.16. The van der Waals surface area contributed by atoms with Crippen LogP contribution in [0.4, 0.5) is 36.5 Å². The van der Waals surface area contributed by atoms with Gasteiger partial charge in [-0.05, 0) is 71.1 Å². The number of benzene rings is 3. The molecule has 0 unspecified atom stereocenters. The van der Waals surface area contributed by atoms with Gasteiger partial charge in [-0.15, -0.1) is 12.4 Å². The molecule has 4 aromatic rings. The summed E-state index contributed by atoms with van der Waals surface area (Å²) in [5, 5.41) is 8.97. The second-order valence-corrected chi connectivity index (χ2v) is 7.54. The van der Waals surface area contributed by atoms with Crippen molar-refractivity contribution in [2.75, 3.05) is 16.0 Å². The zero-order chi connectivity index (χ0) is 21.1. The molecule has 2 amide bonds. The van der Waals surface area contributed by atoms with Crippen molar-refractivity contribution >= 4 is 74.8 Å². The molecule has 3 aromatic carbocycles. The minimum Gasteiger partial charge on any atom is -0.340 e. The van der Waals surface area contributed by atoms with Gasteiger partial charge in [0.1, 0.15) is 23.8 Å². The summed E-state index contributed by atoms with van der Waals surface area (Å²) in [5.41, 5.74) is 1.70. The summed E-state index contributed by atoms with van der Waals surface area (Å²) in [6.07, 6.45) is 1.47. The van der Waals surface area contributed by atoms with Crippen LogP contribution in [-0.4, -0.2) is 16.0 Å². The second kappa shape index (κ2) is 9.84. The van der Waals surface area contributed by atoms with E-state index in [4.69, 9.17) is 0 Å². The molecule has 4 rings (SSSR count). The molecule has 31 heavy (non-hydrogen) atoms. The molecule has 0 aliphatic rings. The highest BCUT2D eigenvalue weighted by Gasteiger charge is 2.10. The molecule has 1 aromatic heterocycles. The minimum absolute atomic E-state index is 0. The summed E-state index contributed by atoms with van der Waals surface area (Å²) < 4.78 is 28.0. The van der Waals surface area contributed by atoms with E-state index < -0.39 is 17.7 Å². The monoisotopic (exact) mass is 553 g/mol. The summed E-state index contributed by atoms with van der Waals surface area (Å²) in [6, 6.07) is 14.9. The van der Waals surface area contributed by atoms with Crippen molar-refractivity contribution in [3.63, 3.8) is 0 Å². The van der Waals surface area contributed by atoms with Crippen LogP contribution in [-0.2, 0) is 0 Å². The number of nitrogens with one attached hydrogen (secondary N) is 3. The summed E-state index contributed by atoms with van der Waals surface area (Å²) in [7, 11) is 0. The Balaban J connectivity index is 0.00000272. The first kappa shape index (κ1) is 22.6. The fourth-order valence-corrected chi connectivity index (χ4v) is 3.31. The lowest BCUT2D eigenvalue weighted by molar-refractivity contribution is 0.262. The zero-order valence-electron chi connectivity index (χ0n) is 15.7. The lowest BCUT2D eigenvalue weighted by Gasteiger charge is -2.12. The smallest absolute Gasteiger partial charge is 0.323 e. The van der Waals surface area contributed by atoms with E-state index in [-0.39, 0.29) is 18.1 Å². The number of hydrogen-bond acceptors (Lipinski definition) is 4. The fraction of sp³-hybridized carbons (Fsp3) is 0. The van der Waals surface area contributed by atoms with Crippen molar-refractivity contribution in [3.8, 4) is 0 Å². The minimum atomic E-state index is -0.729. The van der Waals surface area contributed by atoms with Crippen LogP contribution >= 0.6 is 35.0 Å². The van der Waals surface area contributed by atoms with Gasteiger partial charge >= 0.3 is 6.03 Å². The number of anilines is 4. The van der Waals surface area contributed by atoms with Gasteiger partial charge in [-0.1, -0.05) is 6.07 Å². The van der Waals surface area contributed by atoms with E-state index in [0.717, 1.165) is 32.7 Å². The van der Waals surface area contributed by atoms with Crippen molar-refractivity contribution in [2.24, 2.45) is 0 Å². The summed E-state index contributed by atoms with van der Waals surface area (Å²) in [6.45, 7) is 0. The van der Waals surface area contributed by atoms with E-state index in [1.807, 2.05) is 24.3 Å². The highest BCUT2D eigenvalue weighted by atomic mass is 127. The van der Waals surface area contributed by atoms with Crippen LogP contribution in [0.25, 0.3) is 10.9 Å². The van der Waals surface area contributed by atoms with Gasteiger partial charge in [0.05, 0.1) is 11.2 Å². The molecule has 0 saturated heterocycles. The van der Waals surface area contributed by atoms with Crippen LogP contribution in [0.5, 0.6) is 0 Å². The predicted octanol–water partition coefficient (Wildman–Crippen LogP) is 6.32. The Kier molecular flexibility index (Phi) is 7.18. The Morgan fingerprint density at radius 1 is 0.903 bits per heavy atom. The summed E-state index contributed by atoms with van der Waals surface area (Å²) >= 11 is 2.22. The number of carbonyl (C=O) groups excluding carboxylic acids is 1. The number of amides is 2.